The van der Waals surface area contributed by atoms with Gasteiger partial charge in [-0.2, -0.15) is 0 Å². The van der Waals surface area contributed by atoms with Crippen LogP contribution in [0, 0.1) is 6.92 Å². The molecule has 0 fully saturated rings. The number of hydrogen-bond acceptors (Lipinski definition) is 4. The highest BCUT2D eigenvalue weighted by Crippen LogP contribution is 2.29. The van der Waals surface area contributed by atoms with E-state index in [9.17, 15) is 4.79 Å². The number of oxime groups is 1. The first kappa shape index (κ1) is 19.4. The van der Waals surface area contributed by atoms with E-state index in [1.54, 1.807) is 6.92 Å². The van der Waals surface area contributed by atoms with Crippen molar-refractivity contribution in [3.8, 4) is 16.9 Å². The Morgan fingerprint density at radius 3 is 2.32 bits per heavy atom. The number of nitrogens with zero attached hydrogens (tertiary/aromatic N) is 2. The number of carbonyl (C=O) groups excluding carboxylic acids is 1. The monoisotopic (exact) mass is 376 g/mol. The fourth-order valence-electron chi connectivity index (χ4n) is 3.14. The molecule has 144 valence electrons. The fraction of sp³-hybridized carbons (Fsp3) is 0.217. The van der Waals surface area contributed by atoms with Crippen LogP contribution < -0.4 is 0 Å². The normalized spacial score (nSPS) is 11.3. The van der Waals surface area contributed by atoms with Crippen LogP contribution in [-0.4, -0.2) is 29.5 Å². The van der Waals surface area contributed by atoms with Gasteiger partial charge in [0, 0.05) is 16.9 Å². The highest BCUT2D eigenvalue weighted by atomic mass is 16.7. The topological polar surface area (TPSA) is 52.8 Å². The predicted molar refractivity (Wildman–Crippen MR) is 111 cm³/mol. The summed E-state index contributed by atoms with van der Waals surface area (Å²) in [4.78, 5) is 16.6. The van der Waals surface area contributed by atoms with Crippen molar-refractivity contribution in [1.82, 2.24) is 4.57 Å². The molecule has 1 heterocycles. The van der Waals surface area contributed by atoms with Crippen molar-refractivity contribution in [3.63, 3.8) is 0 Å². The molecule has 0 amide bonds. The molecule has 0 atom stereocenters. The third-order valence-corrected chi connectivity index (χ3v) is 4.41. The summed E-state index contributed by atoms with van der Waals surface area (Å²) in [5.74, 6) is -0.428. The largest absolute Gasteiger partial charge is 0.463 e. The first-order chi connectivity index (χ1) is 13.6. The second kappa shape index (κ2) is 9.04. The molecule has 0 aliphatic rings. The fourth-order valence-corrected chi connectivity index (χ4v) is 3.14. The Balaban J connectivity index is 1.99. The van der Waals surface area contributed by atoms with E-state index in [0.29, 0.717) is 12.3 Å². The highest BCUT2D eigenvalue weighted by Gasteiger charge is 2.17. The van der Waals surface area contributed by atoms with Gasteiger partial charge in [0.2, 0.25) is 6.61 Å². The van der Waals surface area contributed by atoms with Gasteiger partial charge in [0.25, 0.3) is 0 Å². The highest BCUT2D eigenvalue weighted by molar-refractivity contribution is 6.01. The minimum atomic E-state index is -0.428. The van der Waals surface area contributed by atoms with Crippen LogP contribution in [0.5, 0.6) is 0 Å². The van der Waals surface area contributed by atoms with Crippen LogP contribution in [0.2, 0.25) is 0 Å². The Labute approximate surface area is 165 Å². The van der Waals surface area contributed by atoms with Gasteiger partial charge in [-0.15, -0.1) is 0 Å². The van der Waals surface area contributed by atoms with Crippen LogP contribution in [-0.2, 0) is 14.4 Å². The molecule has 28 heavy (non-hydrogen) atoms. The number of esters is 1. The first-order valence-corrected chi connectivity index (χ1v) is 9.27. The number of ether oxygens (including phenoxy) is 1. The van der Waals surface area contributed by atoms with Crippen molar-refractivity contribution in [2.75, 3.05) is 13.2 Å². The summed E-state index contributed by atoms with van der Waals surface area (Å²) in [5, 5.41) is 4.12. The van der Waals surface area contributed by atoms with Crippen LogP contribution in [0.4, 0.5) is 0 Å². The van der Waals surface area contributed by atoms with E-state index in [0.717, 1.165) is 28.2 Å². The zero-order valence-corrected chi connectivity index (χ0v) is 16.4. The van der Waals surface area contributed by atoms with Gasteiger partial charge in [-0.1, -0.05) is 53.7 Å². The summed E-state index contributed by atoms with van der Waals surface area (Å²) in [6, 6.07) is 22.5. The Hall–Kier alpha value is -3.34. The molecule has 0 bridgehead atoms. The summed E-state index contributed by atoms with van der Waals surface area (Å²) in [6.07, 6.45) is 0. The Bertz CT molecular complexity index is 960. The lowest BCUT2D eigenvalue weighted by Gasteiger charge is -2.12. The number of para-hydroxylation sites is 1. The second-order valence-electron chi connectivity index (χ2n) is 6.32. The summed E-state index contributed by atoms with van der Waals surface area (Å²) in [6.45, 7) is 5.81. The molecule has 0 unspecified atom stereocenters. The van der Waals surface area contributed by atoms with Crippen molar-refractivity contribution >= 4 is 11.7 Å². The van der Waals surface area contributed by atoms with Crippen LogP contribution in [0.15, 0.2) is 71.9 Å². The van der Waals surface area contributed by atoms with E-state index in [2.05, 4.69) is 47.0 Å². The molecule has 2 aromatic carbocycles. The number of carbonyl (C=O) groups is 1. The smallest absolute Gasteiger partial charge is 0.347 e. The van der Waals surface area contributed by atoms with Gasteiger partial charge in [-0.05, 0) is 44.5 Å². The maximum absolute atomic E-state index is 11.4. The molecule has 0 aliphatic carbocycles. The zero-order chi connectivity index (χ0) is 19.9. The average Bonchev–Trinajstić information content (AvgIpc) is 3.06. The van der Waals surface area contributed by atoms with Crippen LogP contribution >= 0.6 is 0 Å². The van der Waals surface area contributed by atoms with Crippen molar-refractivity contribution < 1.29 is 14.4 Å². The first-order valence-electron chi connectivity index (χ1n) is 9.27. The molecule has 1 aromatic heterocycles. The zero-order valence-electron chi connectivity index (χ0n) is 16.4. The van der Waals surface area contributed by atoms with Crippen molar-refractivity contribution in [2.45, 2.75) is 20.8 Å². The van der Waals surface area contributed by atoms with Gasteiger partial charge in [0.05, 0.1) is 18.0 Å². The lowest BCUT2D eigenvalue weighted by Crippen LogP contribution is -2.11. The van der Waals surface area contributed by atoms with Crippen molar-refractivity contribution in [3.05, 3.63) is 78.0 Å². The summed E-state index contributed by atoms with van der Waals surface area (Å²) >= 11 is 0. The van der Waals surface area contributed by atoms with E-state index in [1.165, 1.54) is 0 Å². The molecule has 0 spiro atoms. The number of benzene rings is 2. The number of hydrogen-bond donors (Lipinski definition) is 0. The van der Waals surface area contributed by atoms with E-state index in [4.69, 9.17) is 9.57 Å². The van der Waals surface area contributed by atoms with Gasteiger partial charge >= 0.3 is 5.97 Å². The Morgan fingerprint density at radius 1 is 1.04 bits per heavy atom. The van der Waals surface area contributed by atoms with E-state index < -0.39 is 5.97 Å². The number of rotatable bonds is 7. The maximum Gasteiger partial charge on any atom is 0.347 e. The van der Waals surface area contributed by atoms with Crippen molar-refractivity contribution in [1.29, 1.82) is 0 Å². The molecule has 0 radical (unpaired) electrons. The minimum Gasteiger partial charge on any atom is -0.463 e. The molecule has 0 saturated carbocycles. The third kappa shape index (κ3) is 4.31. The standard InChI is InChI=1S/C23H24N2O3/c1-4-27-23(26)16-28-24-17(2)21-15-22(19-11-7-5-8-12-19)25(18(21)3)20-13-9-6-10-14-20/h5-15H,4,16H2,1-3H3/b24-17-. The van der Waals surface area contributed by atoms with Crippen LogP contribution in [0.25, 0.3) is 16.9 Å². The van der Waals surface area contributed by atoms with Crippen LogP contribution in [0.3, 0.4) is 0 Å². The SMILES string of the molecule is CCOC(=O)CO/N=C(/C)c1cc(-c2ccccc2)n(-c2ccccc2)c1C. The van der Waals surface area contributed by atoms with E-state index in [-0.39, 0.29) is 6.61 Å². The molecule has 0 saturated heterocycles. The molecular formula is C23H24N2O3. The molecular weight excluding hydrogens is 352 g/mol. The van der Waals surface area contributed by atoms with Gasteiger partial charge in [-0.25, -0.2) is 4.79 Å². The molecule has 0 aliphatic heterocycles. The summed E-state index contributed by atoms with van der Waals surface area (Å²) in [7, 11) is 0. The van der Waals surface area contributed by atoms with E-state index in [1.807, 2.05) is 43.3 Å². The summed E-state index contributed by atoms with van der Waals surface area (Å²) in [5.41, 5.74) is 5.97. The van der Waals surface area contributed by atoms with Gasteiger partial charge in [0.1, 0.15) is 0 Å². The Kier molecular flexibility index (Phi) is 6.27. The third-order valence-electron chi connectivity index (χ3n) is 4.41. The quantitative estimate of drug-likeness (QED) is 0.339. The lowest BCUT2D eigenvalue weighted by atomic mass is 10.1. The van der Waals surface area contributed by atoms with Gasteiger partial charge in [-0.3, -0.25) is 0 Å². The molecule has 0 N–H and O–H groups in total. The lowest BCUT2D eigenvalue weighted by molar-refractivity contribution is -0.148. The van der Waals surface area contributed by atoms with E-state index >= 15 is 0 Å². The molecule has 3 aromatic rings. The summed E-state index contributed by atoms with van der Waals surface area (Å²) < 4.78 is 7.06. The minimum absolute atomic E-state index is 0.199. The second-order valence-corrected chi connectivity index (χ2v) is 6.32. The Morgan fingerprint density at radius 2 is 1.68 bits per heavy atom. The van der Waals surface area contributed by atoms with Crippen molar-refractivity contribution in [2.24, 2.45) is 5.16 Å². The average molecular weight is 376 g/mol. The predicted octanol–water partition coefficient (Wildman–Crippen LogP) is 4.76. The molecule has 5 nitrogen and oxygen atoms in total. The van der Waals surface area contributed by atoms with Gasteiger partial charge in [0.15, 0.2) is 0 Å². The van der Waals surface area contributed by atoms with Crippen LogP contribution in [0.1, 0.15) is 25.1 Å². The molecule has 3 rings (SSSR count). The van der Waals surface area contributed by atoms with Gasteiger partial charge < -0.3 is 14.1 Å². The molecule has 5 heteroatoms. The maximum atomic E-state index is 11.4. The number of aromatic nitrogens is 1.